The summed E-state index contributed by atoms with van der Waals surface area (Å²) in [5.74, 6) is 6.63. The zero-order chi connectivity index (χ0) is 8.81. The van der Waals surface area contributed by atoms with Crippen molar-refractivity contribution >= 4 is 5.82 Å². The Kier molecular flexibility index (Phi) is 3.15. The molecule has 64 valence electrons. The highest BCUT2D eigenvalue weighted by Gasteiger charge is 1.97. The predicted octanol–water partition coefficient (Wildman–Crippen LogP) is 0.733. The number of hydrogen-bond acceptors (Lipinski definition) is 3. The van der Waals surface area contributed by atoms with Gasteiger partial charge < -0.3 is 5.32 Å². The molecule has 1 rings (SSSR count). The Morgan fingerprint density at radius 2 is 2.50 bits per heavy atom. The van der Waals surface area contributed by atoms with Gasteiger partial charge in [-0.25, -0.2) is 4.68 Å². The van der Waals surface area contributed by atoms with Crippen LogP contribution in [0, 0.1) is 11.8 Å². The molecule has 1 aromatic rings. The van der Waals surface area contributed by atoms with Crippen LogP contribution < -0.4 is 5.32 Å². The predicted molar refractivity (Wildman–Crippen MR) is 47.6 cm³/mol. The molecule has 0 aliphatic carbocycles. The Bertz CT molecular complexity index is 291. The largest absolute Gasteiger partial charge is 0.358 e. The fraction of sp³-hybridized carbons (Fsp3) is 0.500. The van der Waals surface area contributed by atoms with Crippen LogP contribution in [0.15, 0.2) is 6.20 Å². The van der Waals surface area contributed by atoms with E-state index in [1.807, 2.05) is 13.8 Å². The van der Waals surface area contributed by atoms with Crippen LogP contribution in [0.25, 0.3) is 0 Å². The second-order valence-corrected chi connectivity index (χ2v) is 2.22. The summed E-state index contributed by atoms with van der Waals surface area (Å²) in [6.45, 7) is 5.30. The van der Waals surface area contributed by atoms with Crippen molar-refractivity contribution in [3.8, 4) is 11.8 Å². The van der Waals surface area contributed by atoms with Gasteiger partial charge in [0.05, 0.1) is 12.7 Å². The molecule has 1 aromatic heterocycles. The van der Waals surface area contributed by atoms with Crippen molar-refractivity contribution in [3.63, 3.8) is 0 Å². The normalized spacial score (nSPS) is 8.83. The average molecular weight is 164 g/mol. The highest BCUT2D eigenvalue weighted by molar-refractivity contribution is 5.32. The van der Waals surface area contributed by atoms with E-state index in [4.69, 9.17) is 0 Å². The summed E-state index contributed by atoms with van der Waals surface area (Å²) in [6.07, 6.45) is 1.70. The lowest BCUT2D eigenvalue weighted by Crippen LogP contribution is -2.06. The lowest BCUT2D eigenvalue weighted by Gasteiger charge is -2.01. The molecule has 0 radical (unpaired) electrons. The maximum Gasteiger partial charge on any atom is 0.145 e. The highest BCUT2D eigenvalue weighted by Crippen LogP contribution is 2.01. The van der Waals surface area contributed by atoms with E-state index in [-0.39, 0.29) is 0 Å². The lowest BCUT2D eigenvalue weighted by atomic mass is 10.5. The zero-order valence-corrected chi connectivity index (χ0v) is 7.33. The van der Waals surface area contributed by atoms with Gasteiger partial charge in [0.2, 0.25) is 0 Å². The Labute approximate surface area is 72.0 Å². The molecule has 0 saturated heterocycles. The molecule has 0 unspecified atom stereocenters. The van der Waals surface area contributed by atoms with Crippen molar-refractivity contribution in [1.82, 2.24) is 15.0 Å². The molecule has 0 atom stereocenters. The molecule has 0 fully saturated rings. The van der Waals surface area contributed by atoms with E-state index in [9.17, 15) is 0 Å². The van der Waals surface area contributed by atoms with Gasteiger partial charge in [0.1, 0.15) is 5.82 Å². The molecular formula is C8H12N4. The standard InChI is InChI=1S/C8H12N4/c1-3-5-6-9-8-7-10-11-12(8)4-2/h7,9H,4,6H2,1-2H3. The van der Waals surface area contributed by atoms with Crippen LogP contribution in [0.2, 0.25) is 0 Å². The van der Waals surface area contributed by atoms with Gasteiger partial charge in [-0.15, -0.1) is 11.0 Å². The summed E-state index contributed by atoms with van der Waals surface area (Å²) >= 11 is 0. The fourth-order valence-corrected chi connectivity index (χ4v) is 0.851. The van der Waals surface area contributed by atoms with Crippen LogP contribution in [-0.4, -0.2) is 21.5 Å². The van der Waals surface area contributed by atoms with Gasteiger partial charge in [-0.1, -0.05) is 11.1 Å². The number of nitrogens with one attached hydrogen (secondary N) is 1. The summed E-state index contributed by atoms with van der Waals surface area (Å²) in [4.78, 5) is 0. The molecule has 0 aliphatic heterocycles. The number of aryl methyl sites for hydroxylation is 1. The molecule has 0 saturated carbocycles. The van der Waals surface area contributed by atoms with Gasteiger partial charge in [0.25, 0.3) is 0 Å². The first-order chi connectivity index (χ1) is 5.88. The monoisotopic (exact) mass is 164 g/mol. The van der Waals surface area contributed by atoms with E-state index in [0.29, 0.717) is 6.54 Å². The molecule has 12 heavy (non-hydrogen) atoms. The molecule has 0 aliphatic rings. The van der Waals surface area contributed by atoms with Gasteiger partial charge in [0.15, 0.2) is 0 Å². The Balaban J connectivity index is 2.54. The van der Waals surface area contributed by atoms with Crippen molar-refractivity contribution in [1.29, 1.82) is 0 Å². The summed E-state index contributed by atoms with van der Waals surface area (Å²) in [5.41, 5.74) is 0. The third-order valence-corrected chi connectivity index (χ3v) is 1.45. The van der Waals surface area contributed by atoms with E-state index in [0.717, 1.165) is 12.4 Å². The van der Waals surface area contributed by atoms with E-state index >= 15 is 0 Å². The Morgan fingerprint density at radius 1 is 1.67 bits per heavy atom. The van der Waals surface area contributed by atoms with Crippen molar-refractivity contribution in [3.05, 3.63) is 6.20 Å². The average Bonchev–Trinajstić information content (AvgIpc) is 2.52. The molecule has 0 amide bonds. The van der Waals surface area contributed by atoms with Crippen LogP contribution in [0.3, 0.4) is 0 Å². The summed E-state index contributed by atoms with van der Waals surface area (Å²) in [5, 5.41) is 10.8. The molecule has 0 spiro atoms. The molecule has 0 aromatic carbocycles. The molecule has 4 heteroatoms. The van der Waals surface area contributed by atoms with Crippen molar-refractivity contribution in [2.75, 3.05) is 11.9 Å². The number of anilines is 1. The van der Waals surface area contributed by atoms with Crippen LogP contribution in [0.4, 0.5) is 5.82 Å². The second kappa shape index (κ2) is 4.39. The van der Waals surface area contributed by atoms with E-state index in [1.54, 1.807) is 10.9 Å². The van der Waals surface area contributed by atoms with Crippen LogP contribution >= 0.6 is 0 Å². The van der Waals surface area contributed by atoms with Gasteiger partial charge >= 0.3 is 0 Å². The fourth-order valence-electron chi connectivity index (χ4n) is 0.851. The molecular weight excluding hydrogens is 152 g/mol. The topological polar surface area (TPSA) is 42.7 Å². The second-order valence-electron chi connectivity index (χ2n) is 2.22. The maximum atomic E-state index is 3.87. The number of hydrogen-bond donors (Lipinski definition) is 1. The van der Waals surface area contributed by atoms with E-state index in [1.165, 1.54) is 0 Å². The number of rotatable bonds is 3. The van der Waals surface area contributed by atoms with Crippen LogP contribution in [0.1, 0.15) is 13.8 Å². The van der Waals surface area contributed by atoms with Gasteiger partial charge in [-0.05, 0) is 13.8 Å². The van der Waals surface area contributed by atoms with E-state index < -0.39 is 0 Å². The van der Waals surface area contributed by atoms with Crippen molar-refractivity contribution < 1.29 is 0 Å². The minimum atomic E-state index is 0.643. The third-order valence-electron chi connectivity index (χ3n) is 1.45. The van der Waals surface area contributed by atoms with Gasteiger partial charge in [-0.2, -0.15) is 0 Å². The van der Waals surface area contributed by atoms with Crippen LogP contribution in [-0.2, 0) is 6.54 Å². The third kappa shape index (κ3) is 1.99. The Hall–Kier alpha value is -1.50. The quantitative estimate of drug-likeness (QED) is 0.670. The zero-order valence-electron chi connectivity index (χ0n) is 7.33. The summed E-state index contributed by atoms with van der Waals surface area (Å²) in [7, 11) is 0. The minimum absolute atomic E-state index is 0.643. The number of aromatic nitrogens is 3. The molecule has 1 heterocycles. The Morgan fingerprint density at radius 3 is 3.17 bits per heavy atom. The summed E-state index contributed by atoms with van der Waals surface area (Å²) in [6, 6.07) is 0. The number of nitrogens with zero attached hydrogens (tertiary/aromatic N) is 3. The smallest absolute Gasteiger partial charge is 0.145 e. The summed E-state index contributed by atoms with van der Waals surface area (Å²) < 4.78 is 1.79. The van der Waals surface area contributed by atoms with Crippen LogP contribution in [0.5, 0.6) is 0 Å². The van der Waals surface area contributed by atoms with Crippen molar-refractivity contribution in [2.24, 2.45) is 0 Å². The van der Waals surface area contributed by atoms with Crippen molar-refractivity contribution in [2.45, 2.75) is 20.4 Å². The van der Waals surface area contributed by atoms with Gasteiger partial charge in [-0.3, -0.25) is 0 Å². The minimum Gasteiger partial charge on any atom is -0.358 e. The molecule has 0 bridgehead atoms. The first-order valence-electron chi connectivity index (χ1n) is 3.90. The molecule has 1 N–H and O–H groups in total. The SMILES string of the molecule is CC#CCNc1cnnn1CC. The highest BCUT2D eigenvalue weighted by atomic mass is 15.4. The first-order valence-corrected chi connectivity index (χ1v) is 3.90. The maximum absolute atomic E-state index is 3.87. The first kappa shape index (κ1) is 8.60. The van der Waals surface area contributed by atoms with E-state index in [2.05, 4.69) is 27.5 Å². The van der Waals surface area contributed by atoms with Gasteiger partial charge in [0, 0.05) is 6.54 Å². The lowest BCUT2D eigenvalue weighted by molar-refractivity contribution is 0.632. The molecule has 4 nitrogen and oxygen atoms in total.